The van der Waals surface area contributed by atoms with Gasteiger partial charge in [0.05, 0.1) is 15.6 Å². The van der Waals surface area contributed by atoms with Crippen LogP contribution in [-0.2, 0) is 32.6 Å². The van der Waals surface area contributed by atoms with Gasteiger partial charge in [-0.05, 0) is 73.4 Å². The lowest BCUT2D eigenvalue weighted by Gasteiger charge is -2.35. The average molecular weight is 727 g/mol. The van der Waals surface area contributed by atoms with Gasteiger partial charge in [0.25, 0.3) is 10.0 Å². The van der Waals surface area contributed by atoms with Crippen molar-refractivity contribution >= 4 is 62.3 Å². The van der Waals surface area contributed by atoms with E-state index in [1.807, 2.05) is 43.3 Å². The van der Waals surface area contributed by atoms with E-state index in [0.29, 0.717) is 10.6 Å². The highest BCUT2D eigenvalue weighted by Crippen LogP contribution is 2.33. The standard InChI is InChI=1S/C37H38Cl3N3O4S/c1-26-15-18-32(19-16-26)48(46,47)43(34-23-30(39)17-20-33(34)40)25-36(44)42(24-28-11-8-12-29(38)21-28)35(22-27-9-4-2-5-10-27)37(45)41-31-13-6-3-7-14-31/h2,4-5,8-12,15-21,23,31,35H,3,6-7,13-14,22,24-25H2,1H3,(H,41,45)/t35-/m0/s1. The molecular formula is C37H38Cl3N3O4S. The number of rotatable bonds is 12. The Bertz CT molecular complexity index is 1830. The number of halogens is 3. The molecule has 2 amide bonds. The molecule has 1 fully saturated rings. The lowest BCUT2D eigenvalue weighted by molar-refractivity contribution is -0.140. The molecule has 5 rings (SSSR count). The monoisotopic (exact) mass is 725 g/mol. The topological polar surface area (TPSA) is 86.8 Å². The molecule has 0 unspecified atom stereocenters. The van der Waals surface area contributed by atoms with Crippen LogP contribution in [-0.4, -0.2) is 43.8 Å². The van der Waals surface area contributed by atoms with Crippen molar-refractivity contribution in [2.45, 2.75) is 69.0 Å². The molecular weight excluding hydrogens is 689 g/mol. The minimum Gasteiger partial charge on any atom is -0.352 e. The summed E-state index contributed by atoms with van der Waals surface area (Å²) in [6, 6.07) is 26.3. The molecule has 1 N–H and O–H groups in total. The van der Waals surface area contributed by atoms with Crippen LogP contribution in [0.4, 0.5) is 5.69 Å². The molecule has 0 bridgehead atoms. The summed E-state index contributed by atoms with van der Waals surface area (Å²) >= 11 is 19.3. The number of carbonyl (C=O) groups is 2. The number of carbonyl (C=O) groups excluding carboxylic acids is 2. The summed E-state index contributed by atoms with van der Waals surface area (Å²) in [6.45, 7) is 1.22. The first kappa shape index (κ1) is 35.7. The molecule has 0 aromatic heterocycles. The Hall–Kier alpha value is -3.56. The van der Waals surface area contributed by atoms with E-state index in [9.17, 15) is 18.0 Å². The third-order valence-electron chi connectivity index (χ3n) is 8.53. The van der Waals surface area contributed by atoms with Crippen molar-refractivity contribution in [1.29, 1.82) is 0 Å². The minimum atomic E-state index is -4.32. The first-order valence-electron chi connectivity index (χ1n) is 15.9. The Kier molecular flexibility index (Phi) is 12.1. The van der Waals surface area contributed by atoms with Crippen LogP contribution in [0.2, 0.25) is 15.1 Å². The molecule has 11 heteroatoms. The SMILES string of the molecule is Cc1ccc(S(=O)(=O)N(CC(=O)N(Cc2cccc(Cl)c2)[C@@H](Cc2ccccc2)C(=O)NC2CCCCC2)c2cc(Cl)ccc2Cl)cc1. The van der Waals surface area contributed by atoms with Gasteiger partial charge < -0.3 is 10.2 Å². The molecule has 48 heavy (non-hydrogen) atoms. The van der Waals surface area contributed by atoms with E-state index >= 15 is 0 Å². The van der Waals surface area contributed by atoms with E-state index in [1.54, 1.807) is 36.4 Å². The van der Waals surface area contributed by atoms with Gasteiger partial charge in [0.15, 0.2) is 0 Å². The molecule has 1 atom stereocenters. The van der Waals surface area contributed by atoms with Crippen LogP contribution in [0.5, 0.6) is 0 Å². The highest BCUT2D eigenvalue weighted by molar-refractivity contribution is 7.92. The summed E-state index contributed by atoms with van der Waals surface area (Å²) in [7, 11) is -4.32. The Balaban J connectivity index is 1.59. The Morgan fingerprint density at radius 1 is 0.812 bits per heavy atom. The third-order valence-corrected chi connectivity index (χ3v) is 11.1. The molecule has 0 radical (unpaired) electrons. The second-order valence-corrected chi connectivity index (χ2v) is 15.3. The Labute approximate surface area is 297 Å². The van der Waals surface area contributed by atoms with Crippen LogP contribution in [0, 0.1) is 6.92 Å². The zero-order valence-electron chi connectivity index (χ0n) is 26.6. The molecule has 7 nitrogen and oxygen atoms in total. The number of anilines is 1. The zero-order valence-corrected chi connectivity index (χ0v) is 29.7. The van der Waals surface area contributed by atoms with Crippen LogP contribution < -0.4 is 9.62 Å². The molecule has 1 aliphatic rings. The van der Waals surface area contributed by atoms with Crippen LogP contribution >= 0.6 is 34.8 Å². The summed E-state index contributed by atoms with van der Waals surface area (Å²) in [4.78, 5) is 30.4. The van der Waals surface area contributed by atoms with Crippen molar-refractivity contribution in [3.63, 3.8) is 0 Å². The molecule has 4 aromatic rings. The van der Waals surface area contributed by atoms with E-state index in [-0.39, 0.29) is 45.5 Å². The fraction of sp³-hybridized carbons (Fsp3) is 0.297. The molecule has 1 saturated carbocycles. The van der Waals surface area contributed by atoms with Gasteiger partial charge in [0.2, 0.25) is 11.8 Å². The zero-order chi connectivity index (χ0) is 34.3. The van der Waals surface area contributed by atoms with Crippen molar-refractivity contribution in [3.05, 3.63) is 129 Å². The molecule has 0 aliphatic heterocycles. The third kappa shape index (κ3) is 9.11. The first-order chi connectivity index (χ1) is 23.0. The van der Waals surface area contributed by atoms with E-state index < -0.39 is 28.5 Å². The quantitative estimate of drug-likeness (QED) is 0.159. The van der Waals surface area contributed by atoms with Crippen LogP contribution in [0.1, 0.15) is 48.8 Å². The normalized spacial score (nSPS) is 14.2. The van der Waals surface area contributed by atoms with Gasteiger partial charge in [0.1, 0.15) is 12.6 Å². The molecule has 1 aliphatic carbocycles. The largest absolute Gasteiger partial charge is 0.352 e. The van der Waals surface area contributed by atoms with Crippen LogP contribution in [0.3, 0.4) is 0 Å². The minimum absolute atomic E-state index is 0.00340. The number of aryl methyl sites for hydroxylation is 1. The maximum Gasteiger partial charge on any atom is 0.264 e. The van der Waals surface area contributed by atoms with Crippen molar-refractivity contribution < 1.29 is 18.0 Å². The van der Waals surface area contributed by atoms with Gasteiger partial charge in [-0.1, -0.05) is 114 Å². The van der Waals surface area contributed by atoms with Crippen LogP contribution in [0.25, 0.3) is 0 Å². The predicted octanol–water partition coefficient (Wildman–Crippen LogP) is 8.24. The van der Waals surface area contributed by atoms with Crippen molar-refractivity contribution in [2.75, 3.05) is 10.8 Å². The van der Waals surface area contributed by atoms with Gasteiger partial charge in [-0.15, -0.1) is 0 Å². The second kappa shape index (κ2) is 16.2. The fourth-order valence-electron chi connectivity index (χ4n) is 5.96. The predicted molar refractivity (Wildman–Crippen MR) is 193 cm³/mol. The molecule has 4 aromatic carbocycles. The Morgan fingerprint density at radius 3 is 2.17 bits per heavy atom. The van der Waals surface area contributed by atoms with Gasteiger partial charge in [-0.25, -0.2) is 8.42 Å². The smallest absolute Gasteiger partial charge is 0.264 e. The molecule has 0 saturated heterocycles. The van der Waals surface area contributed by atoms with Gasteiger partial charge in [-0.2, -0.15) is 0 Å². The number of hydrogen-bond donors (Lipinski definition) is 1. The van der Waals surface area contributed by atoms with Gasteiger partial charge in [-0.3, -0.25) is 13.9 Å². The average Bonchev–Trinajstić information content (AvgIpc) is 3.07. The fourth-order valence-corrected chi connectivity index (χ4v) is 8.03. The molecule has 0 spiro atoms. The van der Waals surface area contributed by atoms with E-state index in [1.165, 1.54) is 29.2 Å². The summed E-state index contributed by atoms with van der Waals surface area (Å²) in [5.74, 6) is -0.892. The number of benzene rings is 4. The van der Waals surface area contributed by atoms with Crippen molar-refractivity contribution in [2.24, 2.45) is 0 Å². The summed E-state index contributed by atoms with van der Waals surface area (Å²) in [5.41, 5.74) is 2.46. The van der Waals surface area contributed by atoms with E-state index in [4.69, 9.17) is 34.8 Å². The van der Waals surface area contributed by atoms with E-state index in [2.05, 4.69) is 5.32 Å². The highest BCUT2D eigenvalue weighted by atomic mass is 35.5. The lowest BCUT2D eigenvalue weighted by atomic mass is 9.94. The van der Waals surface area contributed by atoms with Gasteiger partial charge >= 0.3 is 0 Å². The number of hydrogen-bond acceptors (Lipinski definition) is 4. The number of nitrogens with zero attached hydrogens (tertiary/aromatic N) is 2. The van der Waals surface area contributed by atoms with E-state index in [0.717, 1.165) is 47.5 Å². The summed E-state index contributed by atoms with van der Waals surface area (Å²) < 4.78 is 29.5. The molecule has 252 valence electrons. The van der Waals surface area contributed by atoms with Crippen molar-refractivity contribution in [1.82, 2.24) is 10.2 Å². The maximum absolute atomic E-state index is 14.7. The summed E-state index contributed by atoms with van der Waals surface area (Å²) in [6.07, 6.45) is 5.10. The summed E-state index contributed by atoms with van der Waals surface area (Å²) in [5, 5.41) is 4.02. The van der Waals surface area contributed by atoms with Gasteiger partial charge in [0, 0.05) is 29.1 Å². The highest BCUT2D eigenvalue weighted by Gasteiger charge is 2.36. The van der Waals surface area contributed by atoms with Crippen molar-refractivity contribution in [3.8, 4) is 0 Å². The Morgan fingerprint density at radius 2 is 1.48 bits per heavy atom. The number of nitrogens with one attached hydrogen (secondary N) is 1. The second-order valence-electron chi connectivity index (χ2n) is 12.1. The maximum atomic E-state index is 14.7. The lowest BCUT2D eigenvalue weighted by Crippen LogP contribution is -2.55. The number of amides is 2. The first-order valence-corrected chi connectivity index (χ1v) is 18.5. The molecule has 0 heterocycles. The number of sulfonamides is 1. The van der Waals surface area contributed by atoms with Crippen LogP contribution in [0.15, 0.2) is 102 Å².